The molecule has 0 bridgehead atoms. The number of rotatable bonds is 3. The van der Waals surface area contributed by atoms with Gasteiger partial charge in [0.2, 0.25) is 0 Å². The van der Waals surface area contributed by atoms with Crippen molar-refractivity contribution in [1.29, 1.82) is 0 Å². The van der Waals surface area contributed by atoms with Crippen molar-refractivity contribution in [2.75, 3.05) is 25.0 Å². The molecule has 1 aromatic rings. The van der Waals surface area contributed by atoms with E-state index in [1.807, 2.05) is 12.1 Å². The van der Waals surface area contributed by atoms with Crippen LogP contribution in [0.4, 0.5) is 18.9 Å². The molecule has 1 aromatic carbocycles. The second-order valence-electron chi connectivity index (χ2n) is 4.28. The maximum Gasteiger partial charge on any atom is 0.405 e. The summed E-state index contributed by atoms with van der Waals surface area (Å²) in [5, 5.41) is 5.65. The largest absolute Gasteiger partial charge is 0.405 e. The molecule has 5 heteroatoms. The highest BCUT2D eigenvalue weighted by Gasteiger charge is 2.26. The van der Waals surface area contributed by atoms with Crippen molar-refractivity contribution in [2.45, 2.75) is 18.5 Å². The lowest BCUT2D eigenvalue weighted by Crippen LogP contribution is -2.21. The number of alkyl halides is 3. The van der Waals surface area contributed by atoms with Gasteiger partial charge in [-0.05, 0) is 36.6 Å². The summed E-state index contributed by atoms with van der Waals surface area (Å²) in [5.74, 6) is 0.419. The van der Waals surface area contributed by atoms with Gasteiger partial charge in [0, 0.05) is 12.2 Å². The Labute approximate surface area is 98.2 Å². The molecule has 1 saturated heterocycles. The molecule has 0 spiro atoms. The van der Waals surface area contributed by atoms with Gasteiger partial charge in [-0.1, -0.05) is 12.1 Å². The lowest BCUT2D eigenvalue weighted by molar-refractivity contribution is -0.115. The fourth-order valence-corrected chi connectivity index (χ4v) is 2.04. The average Bonchev–Trinajstić information content (AvgIpc) is 2.79. The molecule has 0 saturated carbocycles. The van der Waals surface area contributed by atoms with Crippen LogP contribution in [-0.2, 0) is 0 Å². The minimum atomic E-state index is -4.18. The lowest BCUT2D eigenvalue weighted by Gasteiger charge is -2.13. The van der Waals surface area contributed by atoms with Crippen molar-refractivity contribution in [2.24, 2.45) is 0 Å². The maximum absolute atomic E-state index is 12.1. The van der Waals surface area contributed by atoms with E-state index in [0.29, 0.717) is 11.6 Å². The van der Waals surface area contributed by atoms with E-state index in [-0.39, 0.29) is 0 Å². The predicted molar refractivity (Wildman–Crippen MR) is 61.2 cm³/mol. The minimum Gasteiger partial charge on any atom is -0.376 e. The Morgan fingerprint density at radius 2 is 2.18 bits per heavy atom. The normalized spacial score (nSPS) is 20.5. The zero-order chi connectivity index (χ0) is 12.3. The van der Waals surface area contributed by atoms with Crippen LogP contribution in [0.3, 0.4) is 0 Å². The van der Waals surface area contributed by atoms with Gasteiger partial charge >= 0.3 is 6.18 Å². The van der Waals surface area contributed by atoms with Gasteiger partial charge in [0.05, 0.1) is 0 Å². The first-order valence-corrected chi connectivity index (χ1v) is 5.66. The second kappa shape index (κ2) is 4.96. The van der Waals surface area contributed by atoms with E-state index < -0.39 is 12.7 Å². The van der Waals surface area contributed by atoms with Gasteiger partial charge in [0.15, 0.2) is 0 Å². The van der Waals surface area contributed by atoms with Crippen molar-refractivity contribution in [3.8, 4) is 0 Å². The quantitative estimate of drug-likeness (QED) is 0.854. The Balaban J connectivity index is 2.01. The standard InChI is InChI=1S/C12H15F3N2/c13-12(14,15)8-17-11-3-1-2-9(6-11)10-4-5-16-7-10/h1-3,6,10,16-17H,4-5,7-8H2. The highest BCUT2D eigenvalue weighted by molar-refractivity contribution is 5.47. The highest BCUT2D eigenvalue weighted by atomic mass is 19.4. The predicted octanol–water partition coefficient (Wildman–Crippen LogP) is 2.74. The molecule has 1 aliphatic heterocycles. The Morgan fingerprint density at radius 3 is 2.82 bits per heavy atom. The van der Waals surface area contributed by atoms with Crippen molar-refractivity contribution in [1.82, 2.24) is 5.32 Å². The summed E-state index contributed by atoms with van der Waals surface area (Å²) in [5.41, 5.74) is 1.63. The smallest absolute Gasteiger partial charge is 0.376 e. The molecule has 2 nitrogen and oxygen atoms in total. The van der Waals surface area contributed by atoms with E-state index in [1.54, 1.807) is 12.1 Å². The molecule has 2 N–H and O–H groups in total. The van der Waals surface area contributed by atoms with Crippen LogP contribution < -0.4 is 10.6 Å². The molecular formula is C12H15F3N2. The molecule has 2 rings (SSSR count). The molecule has 17 heavy (non-hydrogen) atoms. The molecule has 1 atom stereocenters. The van der Waals surface area contributed by atoms with Gasteiger partial charge in [-0.25, -0.2) is 0 Å². The summed E-state index contributed by atoms with van der Waals surface area (Å²) in [6.07, 6.45) is -3.13. The molecule has 0 amide bonds. The van der Waals surface area contributed by atoms with Crippen molar-refractivity contribution < 1.29 is 13.2 Å². The van der Waals surface area contributed by atoms with E-state index in [1.165, 1.54) is 0 Å². The van der Waals surface area contributed by atoms with Crippen molar-refractivity contribution >= 4 is 5.69 Å². The summed E-state index contributed by atoms with van der Waals surface area (Å²) in [6.45, 7) is 0.896. The van der Waals surface area contributed by atoms with Gasteiger partial charge in [-0.2, -0.15) is 13.2 Å². The van der Waals surface area contributed by atoms with Crippen LogP contribution in [0, 0.1) is 0 Å². The number of halogens is 3. The van der Waals surface area contributed by atoms with E-state index in [4.69, 9.17) is 0 Å². The zero-order valence-electron chi connectivity index (χ0n) is 9.35. The molecule has 0 aliphatic carbocycles. The van der Waals surface area contributed by atoms with Gasteiger partial charge in [0.25, 0.3) is 0 Å². The van der Waals surface area contributed by atoms with Crippen LogP contribution in [0.25, 0.3) is 0 Å². The number of benzene rings is 1. The van der Waals surface area contributed by atoms with Crippen LogP contribution in [0.5, 0.6) is 0 Å². The average molecular weight is 244 g/mol. The van der Waals surface area contributed by atoms with Gasteiger partial charge in [-0.15, -0.1) is 0 Å². The molecular weight excluding hydrogens is 229 g/mol. The molecule has 94 valence electrons. The van der Waals surface area contributed by atoms with Gasteiger partial charge in [-0.3, -0.25) is 0 Å². The molecule has 0 aromatic heterocycles. The first kappa shape index (κ1) is 12.2. The topological polar surface area (TPSA) is 24.1 Å². The van der Waals surface area contributed by atoms with Crippen LogP contribution in [0.1, 0.15) is 17.9 Å². The maximum atomic E-state index is 12.1. The third kappa shape index (κ3) is 3.63. The molecule has 1 aliphatic rings. The fraction of sp³-hybridized carbons (Fsp3) is 0.500. The number of hydrogen-bond acceptors (Lipinski definition) is 2. The monoisotopic (exact) mass is 244 g/mol. The summed E-state index contributed by atoms with van der Waals surface area (Å²) in [4.78, 5) is 0. The van der Waals surface area contributed by atoms with E-state index in [2.05, 4.69) is 10.6 Å². The number of hydrogen-bond donors (Lipinski definition) is 2. The Kier molecular flexibility index (Phi) is 3.57. The summed E-state index contributed by atoms with van der Waals surface area (Å²) >= 11 is 0. The Bertz CT molecular complexity index is 370. The van der Waals surface area contributed by atoms with E-state index in [0.717, 1.165) is 25.1 Å². The summed E-state index contributed by atoms with van der Waals surface area (Å²) < 4.78 is 36.2. The van der Waals surface area contributed by atoms with Crippen LogP contribution in [0.2, 0.25) is 0 Å². The zero-order valence-corrected chi connectivity index (χ0v) is 9.35. The number of nitrogens with one attached hydrogen (secondary N) is 2. The van der Waals surface area contributed by atoms with Crippen LogP contribution in [0.15, 0.2) is 24.3 Å². The first-order chi connectivity index (χ1) is 8.04. The SMILES string of the molecule is FC(F)(F)CNc1cccc(C2CCNC2)c1. The summed E-state index contributed by atoms with van der Waals surface area (Å²) in [7, 11) is 0. The molecule has 1 fully saturated rings. The van der Waals surface area contributed by atoms with Gasteiger partial charge in [0.1, 0.15) is 6.54 Å². The summed E-state index contributed by atoms with van der Waals surface area (Å²) in [6, 6.07) is 7.24. The highest BCUT2D eigenvalue weighted by Crippen LogP contribution is 2.25. The lowest BCUT2D eigenvalue weighted by atomic mass is 9.98. The third-order valence-electron chi connectivity index (χ3n) is 2.91. The third-order valence-corrected chi connectivity index (χ3v) is 2.91. The molecule has 1 heterocycles. The number of anilines is 1. The van der Waals surface area contributed by atoms with Crippen molar-refractivity contribution in [3.05, 3.63) is 29.8 Å². The Hall–Kier alpha value is -1.23. The van der Waals surface area contributed by atoms with E-state index in [9.17, 15) is 13.2 Å². The van der Waals surface area contributed by atoms with Crippen LogP contribution >= 0.6 is 0 Å². The fourth-order valence-electron chi connectivity index (χ4n) is 2.04. The molecule has 0 radical (unpaired) electrons. The van der Waals surface area contributed by atoms with E-state index >= 15 is 0 Å². The van der Waals surface area contributed by atoms with Crippen LogP contribution in [-0.4, -0.2) is 25.8 Å². The molecule has 1 unspecified atom stereocenters. The van der Waals surface area contributed by atoms with Crippen molar-refractivity contribution in [3.63, 3.8) is 0 Å². The van der Waals surface area contributed by atoms with Gasteiger partial charge < -0.3 is 10.6 Å². The second-order valence-corrected chi connectivity index (χ2v) is 4.28. The first-order valence-electron chi connectivity index (χ1n) is 5.66. The minimum absolute atomic E-state index is 0.419. The Morgan fingerprint density at radius 1 is 1.35 bits per heavy atom.